The maximum atomic E-state index is 5.51. The Labute approximate surface area is 112 Å². The Morgan fingerprint density at radius 1 is 1.32 bits per heavy atom. The van der Waals surface area contributed by atoms with Crippen LogP contribution in [0, 0.1) is 6.92 Å². The predicted octanol–water partition coefficient (Wildman–Crippen LogP) is 2.31. The van der Waals surface area contributed by atoms with Crippen LogP contribution in [0.3, 0.4) is 0 Å². The van der Waals surface area contributed by atoms with Crippen LogP contribution in [0.25, 0.3) is 11.4 Å². The number of nitrogens with zero attached hydrogens (tertiary/aromatic N) is 2. The number of hydrogen-bond donors (Lipinski definition) is 2. The number of methoxy groups -OCH3 is 1. The van der Waals surface area contributed by atoms with E-state index in [1.54, 1.807) is 7.11 Å². The van der Waals surface area contributed by atoms with Crippen LogP contribution < -0.4 is 16.0 Å². The Bertz CT molecular complexity index is 558. The van der Waals surface area contributed by atoms with E-state index in [0.29, 0.717) is 11.6 Å². The van der Waals surface area contributed by atoms with Crippen LogP contribution in [0.15, 0.2) is 24.3 Å². The van der Waals surface area contributed by atoms with E-state index in [1.807, 2.05) is 31.2 Å². The minimum absolute atomic E-state index is 0.648. The van der Waals surface area contributed by atoms with Crippen molar-refractivity contribution in [3.05, 3.63) is 35.5 Å². The van der Waals surface area contributed by atoms with Crippen LogP contribution in [0.1, 0.15) is 18.2 Å². The van der Waals surface area contributed by atoms with Gasteiger partial charge >= 0.3 is 0 Å². The molecule has 0 fully saturated rings. The number of rotatable bonds is 4. The van der Waals surface area contributed by atoms with Crippen LogP contribution >= 0.6 is 0 Å². The minimum Gasteiger partial charge on any atom is -0.497 e. The van der Waals surface area contributed by atoms with Gasteiger partial charge in [0.15, 0.2) is 5.82 Å². The summed E-state index contributed by atoms with van der Waals surface area (Å²) < 4.78 is 5.22. The van der Waals surface area contributed by atoms with Crippen molar-refractivity contribution >= 4 is 5.82 Å². The molecule has 0 radical (unpaired) electrons. The summed E-state index contributed by atoms with van der Waals surface area (Å²) in [5.41, 5.74) is 5.50. The Hall–Kier alpha value is -2.14. The van der Waals surface area contributed by atoms with Gasteiger partial charge in [0, 0.05) is 16.8 Å². The summed E-state index contributed by atoms with van der Waals surface area (Å²) in [4.78, 5) is 9.03. The van der Waals surface area contributed by atoms with E-state index in [4.69, 9.17) is 10.6 Å². The van der Waals surface area contributed by atoms with E-state index in [1.165, 1.54) is 0 Å². The van der Waals surface area contributed by atoms with Gasteiger partial charge in [-0.3, -0.25) is 0 Å². The fourth-order valence-electron chi connectivity index (χ4n) is 1.94. The molecule has 0 unspecified atom stereocenters. The number of hydrogen-bond acceptors (Lipinski definition) is 5. The standard InChI is InChI=1S/C14H18N4O/c1-4-12-9(2)13(18-15)17-14(16-12)10-6-5-7-11(8-10)19-3/h5-8H,4,15H2,1-3H3,(H,16,17,18). The number of ether oxygens (including phenoxy) is 1. The Morgan fingerprint density at radius 3 is 2.74 bits per heavy atom. The molecular weight excluding hydrogens is 240 g/mol. The molecule has 0 amide bonds. The fraction of sp³-hybridized carbons (Fsp3) is 0.286. The van der Waals surface area contributed by atoms with Crippen LogP contribution in [0.2, 0.25) is 0 Å². The summed E-state index contributed by atoms with van der Waals surface area (Å²) in [6.45, 7) is 4.02. The molecule has 0 saturated carbocycles. The Balaban J connectivity index is 2.55. The summed E-state index contributed by atoms with van der Waals surface area (Å²) in [6, 6.07) is 7.66. The molecule has 5 nitrogen and oxygen atoms in total. The average molecular weight is 258 g/mol. The number of hydrazine groups is 1. The van der Waals surface area contributed by atoms with Gasteiger partial charge in [-0.05, 0) is 25.5 Å². The number of benzene rings is 1. The zero-order chi connectivity index (χ0) is 13.8. The van der Waals surface area contributed by atoms with Gasteiger partial charge in [0.25, 0.3) is 0 Å². The highest BCUT2D eigenvalue weighted by atomic mass is 16.5. The molecule has 0 spiro atoms. The number of aromatic nitrogens is 2. The molecule has 5 heteroatoms. The first kappa shape index (κ1) is 13.3. The molecule has 0 aliphatic heterocycles. The molecule has 2 aromatic rings. The van der Waals surface area contributed by atoms with Gasteiger partial charge in [-0.25, -0.2) is 15.8 Å². The van der Waals surface area contributed by atoms with Crippen molar-refractivity contribution in [3.63, 3.8) is 0 Å². The molecular formula is C14H18N4O. The van der Waals surface area contributed by atoms with Crippen molar-refractivity contribution < 1.29 is 4.74 Å². The topological polar surface area (TPSA) is 73.1 Å². The third-order valence-electron chi connectivity index (χ3n) is 3.05. The van der Waals surface area contributed by atoms with Gasteiger partial charge in [-0.2, -0.15) is 0 Å². The quantitative estimate of drug-likeness (QED) is 0.650. The van der Waals surface area contributed by atoms with Gasteiger partial charge in [0.05, 0.1) is 7.11 Å². The van der Waals surface area contributed by atoms with Gasteiger partial charge in [0.2, 0.25) is 0 Å². The van der Waals surface area contributed by atoms with Gasteiger partial charge < -0.3 is 10.2 Å². The Morgan fingerprint density at radius 2 is 2.11 bits per heavy atom. The number of aryl methyl sites for hydroxylation is 1. The predicted molar refractivity (Wildman–Crippen MR) is 75.9 cm³/mol. The number of nitrogens with one attached hydrogen (secondary N) is 1. The molecule has 1 aromatic carbocycles. The normalized spacial score (nSPS) is 10.3. The second-order valence-corrected chi connectivity index (χ2v) is 4.20. The SMILES string of the molecule is CCc1nc(-c2cccc(OC)c2)nc(NN)c1C. The lowest BCUT2D eigenvalue weighted by molar-refractivity contribution is 0.415. The number of anilines is 1. The molecule has 3 N–H and O–H groups in total. The lowest BCUT2D eigenvalue weighted by Gasteiger charge is -2.11. The molecule has 0 aliphatic carbocycles. The van der Waals surface area contributed by atoms with Gasteiger partial charge in [-0.15, -0.1) is 0 Å². The van der Waals surface area contributed by atoms with Crippen molar-refractivity contribution in [1.82, 2.24) is 9.97 Å². The van der Waals surface area contributed by atoms with Gasteiger partial charge in [0.1, 0.15) is 11.6 Å². The van der Waals surface area contributed by atoms with Crippen LogP contribution in [-0.2, 0) is 6.42 Å². The molecule has 0 aliphatic rings. The number of nitrogen functional groups attached to an aromatic ring is 1. The molecule has 0 saturated heterocycles. The average Bonchev–Trinajstić information content (AvgIpc) is 2.47. The molecule has 1 heterocycles. The fourth-order valence-corrected chi connectivity index (χ4v) is 1.94. The Kier molecular flexibility index (Phi) is 3.97. The van der Waals surface area contributed by atoms with Crippen molar-refractivity contribution in [2.45, 2.75) is 20.3 Å². The minimum atomic E-state index is 0.648. The first-order valence-corrected chi connectivity index (χ1v) is 6.18. The van der Waals surface area contributed by atoms with E-state index >= 15 is 0 Å². The first-order valence-electron chi connectivity index (χ1n) is 6.18. The van der Waals surface area contributed by atoms with E-state index in [2.05, 4.69) is 22.3 Å². The summed E-state index contributed by atoms with van der Waals surface area (Å²) in [6.07, 6.45) is 0.833. The summed E-state index contributed by atoms with van der Waals surface area (Å²) in [7, 11) is 1.64. The molecule has 100 valence electrons. The molecule has 0 bridgehead atoms. The lowest BCUT2D eigenvalue weighted by atomic mass is 10.1. The highest BCUT2D eigenvalue weighted by molar-refractivity contribution is 5.61. The molecule has 2 rings (SSSR count). The van der Waals surface area contributed by atoms with Crippen molar-refractivity contribution in [1.29, 1.82) is 0 Å². The van der Waals surface area contributed by atoms with Crippen molar-refractivity contribution in [2.75, 3.05) is 12.5 Å². The van der Waals surface area contributed by atoms with Crippen molar-refractivity contribution in [3.8, 4) is 17.1 Å². The maximum absolute atomic E-state index is 5.51. The third-order valence-corrected chi connectivity index (χ3v) is 3.05. The zero-order valence-electron chi connectivity index (χ0n) is 11.4. The highest BCUT2D eigenvalue weighted by Gasteiger charge is 2.10. The lowest BCUT2D eigenvalue weighted by Crippen LogP contribution is -2.13. The summed E-state index contributed by atoms with van der Waals surface area (Å²) in [5, 5.41) is 0. The van der Waals surface area contributed by atoms with E-state index in [9.17, 15) is 0 Å². The monoisotopic (exact) mass is 258 g/mol. The van der Waals surface area contributed by atoms with E-state index in [-0.39, 0.29) is 0 Å². The van der Waals surface area contributed by atoms with Crippen molar-refractivity contribution in [2.24, 2.45) is 5.84 Å². The van der Waals surface area contributed by atoms with Crippen LogP contribution in [0.4, 0.5) is 5.82 Å². The highest BCUT2D eigenvalue weighted by Crippen LogP contribution is 2.24. The largest absolute Gasteiger partial charge is 0.497 e. The molecule has 19 heavy (non-hydrogen) atoms. The second-order valence-electron chi connectivity index (χ2n) is 4.20. The maximum Gasteiger partial charge on any atom is 0.161 e. The summed E-state index contributed by atoms with van der Waals surface area (Å²) in [5.74, 6) is 7.60. The van der Waals surface area contributed by atoms with Gasteiger partial charge in [-0.1, -0.05) is 19.1 Å². The second kappa shape index (κ2) is 5.67. The van der Waals surface area contributed by atoms with Crippen LogP contribution in [-0.4, -0.2) is 17.1 Å². The summed E-state index contributed by atoms with van der Waals surface area (Å²) >= 11 is 0. The first-order chi connectivity index (χ1) is 9.19. The van der Waals surface area contributed by atoms with E-state index in [0.717, 1.165) is 29.0 Å². The zero-order valence-corrected chi connectivity index (χ0v) is 11.4. The van der Waals surface area contributed by atoms with Crippen LogP contribution in [0.5, 0.6) is 5.75 Å². The third kappa shape index (κ3) is 2.66. The smallest absolute Gasteiger partial charge is 0.161 e. The molecule has 1 aromatic heterocycles. The molecule has 0 atom stereocenters. The van der Waals surface area contributed by atoms with E-state index < -0.39 is 0 Å². The number of nitrogens with two attached hydrogens (primary N) is 1.